The van der Waals surface area contributed by atoms with E-state index >= 15 is 0 Å². The van der Waals surface area contributed by atoms with Crippen molar-refractivity contribution in [1.29, 1.82) is 0 Å². The molecule has 0 saturated carbocycles. The summed E-state index contributed by atoms with van der Waals surface area (Å²) in [5.74, 6) is 1.00. The van der Waals surface area contributed by atoms with E-state index in [0.717, 1.165) is 20.1 Å². The van der Waals surface area contributed by atoms with Crippen LogP contribution < -0.4 is 14.8 Å². The van der Waals surface area contributed by atoms with Gasteiger partial charge in [-0.25, -0.2) is 4.99 Å². The van der Waals surface area contributed by atoms with Gasteiger partial charge in [-0.05, 0) is 100 Å². The smallest absolute Gasteiger partial charge is 0.264 e. The van der Waals surface area contributed by atoms with Gasteiger partial charge >= 0.3 is 0 Å². The first-order chi connectivity index (χ1) is 16.4. The van der Waals surface area contributed by atoms with Crippen molar-refractivity contribution in [1.82, 2.24) is 5.32 Å². The normalized spacial score (nSPS) is 15.6. The van der Waals surface area contributed by atoms with Crippen LogP contribution in [0, 0.1) is 0 Å². The summed E-state index contributed by atoms with van der Waals surface area (Å²) in [5.41, 5.74) is 2.55. The number of rotatable bonds is 7. The van der Waals surface area contributed by atoms with E-state index in [9.17, 15) is 4.79 Å². The first-order valence-corrected chi connectivity index (χ1v) is 13.1. The topological polar surface area (TPSA) is 59.9 Å². The number of hydrogen-bond donors (Lipinski definition) is 1. The van der Waals surface area contributed by atoms with E-state index in [-0.39, 0.29) is 5.91 Å². The number of amidine groups is 1. The van der Waals surface area contributed by atoms with Crippen LogP contribution in [-0.4, -0.2) is 17.7 Å². The van der Waals surface area contributed by atoms with Crippen molar-refractivity contribution in [3.05, 3.63) is 90.7 Å². The number of carbonyl (C=O) groups is 1. The molecular weight excluding hydrogens is 604 g/mol. The van der Waals surface area contributed by atoms with Gasteiger partial charge in [0.05, 0.1) is 21.7 Å². The SMILES string of the molecule is CCOc1cc(/C=C2\SC(=Nc3ccc(Cl)cc3)NC2=O)cc(Br)c1OCc1ccc(Br)cc1. The summed E-state index contributed by atoms with van der Waals surface area (Å²) < 4.78 is 13.6. The maximum absolute atomic E-state index is 12.5. The molecule has 0 atom stereocenters. The van der Waals surface area contributed by atoms with Crippen LogP contribution in [0.3, 0.4) is 0 Å². The molecule has 174 valence electrons. The predicted molar refractivity (Wildman–Crippen MR) is 146 cm³/mol. The lowest BCUT2D eigenvalue weighted by molar-refractivity contribution is -0.115. The van der Waals surface area contributed by atoms with Crippen LogP contribution in [0.4, 0.5) is 5.69 Å². The monoisotopic (exact) mass is 620 g/mol. The highest BCUT2D eigenvalue weighted by Gasteiger charge is 2.24. The highest BCUT2D eigenvalue weighted by molar-refractivity contribution is 9.10. The molecule has 3 aromatic carbocycles. The number of carbonyl (C=O) groups excluding carboxylic acids is 1. The molecule has 1 N–H and O–H groups in total. The highest BCUT2D eigenvalue weighted by Crippen LogP contribution is 2.39. The lowest BCUT2D eigenvalue weighted by Gasteiger charge is -2.15. The number of halogens is 3. The first kappa shape index (κ1) is 24.9. The number of benzene rings is 3. The van der Waals surface area contributed by atoms with Crippen molar-refractivity contribution < 1.29 is 14.3 Å². The number of amides is 1. The molecule has 1 saturated heterocycles. The Bertz CT molecular complexity index is 1260. The lowest BCUT2D eigenvalue weighted by atomic mass is 10.1. The van der Waals surface area contributed by atoms with Gasteiger partial charge in [-0.2, -0.15) is 0 Å². The lowest BCUT2D eigenvalue weighted by Crippen LogP contribution is -2.19. The zero-order valence-electron chi connectivity index (χ0n) is 18.0. The van der Waals surface area contributed by atoms with Crippen LogP contribution in [-0.2, 0) is 11.4 Å². The Morgan fingerprint density at radius 1 is 1.06 bits per heavy atom. The third-order valence-electron chi connectivity index (χ3n) is 4.63. The summed E-state index contributed by atoms with van der Waals surface area (Å²) in [5, 5.41) is 3.94. The fraction of sp³-hybridized carbons (Fsp3) is 0.120. The van der Waals surface area contributed by atoms with Crippen LogP contribution in [0.5, 0.6) is 11.5 Å². The maximum Gasteiger partial charge on any atom is 0.264 e. The van der Waals surface area contributed by atoms with E-state index in [4.69, 9.17) is 21.1 Å². The fourth-order valence-corrected chi connectivity index (χ4v) is 4.88. The molecule has 3 aromatic rings. The van der Waals surface area contributed by atoms with Crippen molar-refractivity contribution in [2.24, 2.45) is 4.99 Å². The van der Waals surface area contributed by atoms with Crippen molar-refractivity contribution in [2.45, 2.75) is 13.5 Å². The molecule has 34 heavy (non-hydrogen) atoms. The number of aliphatic imine (C=N–C) groups is 1. The van der Waals surface area contributed by atoms with E-state index < -0.39 is 0 Å². The van der Waals surface area contributed by atoms with Crippen LogP contribution >= 0.6 is 55.2 Å². The average Bonchev–Trinajstić information content (AvgIpc) is 3.14. The van der Waals surface area contributed by atoms with Crippen molar-refractivity contribution in [3.63, 3.8) is 0 Å². The summed E-state index contributed by atoms with van der Waals surface area (Å²) in [7, 11) is 0. The van der Waals surface area contributed by atoms with Crippen molar-refractivity contribution in [2.75, 3.05) is 6.61 Å². The maximum atomic E-state index is 12.5. The van der Waals surface area contributed by atoms with Gasteiger partial charge in [-0.15, -0.1) is 0 Å². The second-order valence-corrected chi connectivity index (χ2v) is 10.4. The molecule has 0 unspecified atom stereocenters. The number of ether oxygens (including phenoxy) is 2. The van der Waals surface area contributed by atoms with Gasteiger partial charge in [0.15, 0.2) is 16.7 Å². The van der Waals surface area contributed by atoms with Gasteiger partial charge in [-0.3, -0.25) is 4.79 Å². The predicted octanol–water partition coefficient (Wildman–Crippen LogP) is 7.73. The first-order valence-electron chi connectivity index (χ1n) is 10.3. The minimum Gasteiger partial charge on any atom is -0.490 e. The molecular formula is C25H19Br2ClN2O3S. The minimum absolute atomic E-state index is 0.206. The Kier molecular flexibility index (Phi) is 8.37. The van der Waals surface area contributed by atoms with E-state index in [2.05, 4.69) is 42.2 Å². The standard InChI is InChI=1S/C25H19Br2ClN2O3S/c1-2-32-21-12-16(11-20(27)23(21)33-14-15-3-5-17(26)6-4-15)13-22-24(31)30-25(34-22)29-19-9-7-18(28)8-10-19/h3-13H,2,14H2,1H3,(H,29,30,31)/b22-13-. The third kappa shape index (κ3) is 6.44. The van der Waals surface area contributed by atoms with Gasteiger partial charge in [0.2, 0.25) is 0 Å². The summed E-state index contributed by atoms with van der Waals surface area (Å²) in [6.07, 6.45) is 1.80. The molecule has 1 amide bonds. The van der Waals surface area contributed by atoms with Crippen molar-refractivity contribution >= 4 is 78.1 Å². The number of nitrogens with zero attached hydrogens (tertiary/aromatic N) is 1. The van der Waals surface area contributed by atoms with Gasteiger partial charge in [-0.1, -0.05) is 39.7 Å². The van der Waals surface area contributed by atoms with Gasteiger partial charge in [0.25, 0.3) is 5.91 Å². The largest absolute Gasteiger partial charge is 0.490 e. The zero-order chi connectivity index (χ0) is 24.1. The van der Waals surface area contributed by atoms with E-state index in [1.54, 1.807) is 30.3 Å². The molecule has 4 rings (SSSR count). The van der Waals surface area contributed by atoms with Crippen LogP contribution in [0.1, 0.15) is 18.1 Å². The van der Waals surface area contributed by atoms with Crippen LogP contribution in [0.25, 0.3) is 6.08 Å². The summed E-state index contributed by atoms with van der Waals surface area (Å²) in [6.45, 7) is 2.79. The van der Waals surface area contributed by atoms with Crippen molar-refractivity contribution in [3.8, 4) is 11.5 Å². The second-order valence-electron chi connectivity index (χ2n) is 7.14. The molecule has 0 radical (unpaired) electrons. The molecule has 5 nitrogen and oxygen atoms in total. The molecule has 1 aliphatic heterocycles. The Labute approximate surface area is 223 Å². The van der Waals surface area contributed by atoms with E-state index in [1.807, 2.05) is 43.3 Å². The molecule has 1 aliphatic rings. The molecule has 1 fully saturated rings. The van der Waals surface area contributed by atoms with Crippen LogP contribution in [0.2, 0.25) is 5.02 Å². The van der Waals surface area contributed by atoms with Gasteiger partial charge < -0.3 is 14.8 Å². The van der Waals surface area contributed by atoms with Crippen LogP contribution in [0.15, 0.2) is 79.5 Å². The van der Waals surface area contributed by atoms with Gasteiger partial charge in [0.1, 0.15) is 6.61 Å². The third-order valence-corrected chi connectivity index (χ3v) is 6.91. The Hall–Kier alpha value is -2.26. The van der Waals surface area contributed by atoms with E-state index in [0.29, 0.717) is 45.5 Å². The average molecular weight is 623 g/mol. The quantitative estimate of drug-likeness (QED) is 0.274. The molecule has 0 bridgehead atoms. The molecule has 0 aromatic heterocycles. The summed E-state index contributed by atoms with van der Waals surface area (Å²) in [4.78, 5) is 17.5. The highest BCUT2D eigenvalue weighted by atomic mass is 79.9. The molecule has 0 spiro atoms. The van der Waals surface area contributed by atoms with E-state index in [1.165, 1.54) is 11.8 Å². The Balaban J connectivity index is 1.54. The van der Waals surface area contributed by atoms with Gasteiger partial charge in [0, 0.05) is 9.50 Å². The summed E-state index contributed by atoms with van der Waals surface area (Å²) >= 11 is 14.2. The molecule has 1 heterocycles. The fourth-order valence-electron chi connectivity index (χ4n) is 3.08. The zero-order valence-corrected chi connectivity index (χ0v) is 22.7. The Morgan fingerprint density at radius 3 is 2.50 bits per heavy atom. The summed E-state index contributed by atoms with van der Waals surface area (Å²) in [6, 6.07) is 18.8. The molecule has 0 aliphatic carbocycles. The second kappa shape index (κ2) is 11.4. The number of hydrogen-bond acceptors (Lipinski definition) is 5. The number of nitrogens with one attached hydrogen (secondary N) is 1. The number of thioether (sulfide) groups is 1. The molecule has 9 heteroatoms. The minimum atomic E-state index is -0.206. The Morgan fingerprint density at radius 2 is 1.79 bits per heavy atom.